The van der Waals surface area contributed by atoms with Crippen LogP contribution in [-0.4, -0.2) is 33.9 Å². The lowest BCUT2D eigenvalue weighted by Gasteiger charge is -2.22. The summed E-state index contributed by atoms with van der Waals surface area (Å²) >= 11 is 0. The number of nitrogens with zero attached hydrogens (tertiary/aromatic N) is 1. The van der Waals surface area contributed by atoms with Crippen LogP contribution in [0.25, 0.3) is 0 Å². The number of aryl methyl sites for hydroxylation is 2. The molecule has 19 heavy (non-hydrogen) atoms. The molecule has 0 spiro atoms. The largest absolute Gasteiger partial charge is 0.391 e. The van der Waals surface area contributed by atoms with Crippen molar-refractivity contribution in [3.05, 3.63) is 17.0 Å². The predicted molar refractivity (Wildman–Crippen MR) is 74.9 cm³/mol. The van der Waals surface area contributed by atoms with E-state index in [0.717, 1.165) is 17.0 Å². The molecule has 0 radical (unpaired) electrons. The van der Waals surface area contributed by atoms with Crippen molar-refractivity contribution in [2.75, 3.05) is 6.54 Å². The van der Waals surface area contributed by atoms with Gasteiger partial charge < -0.3 is 10.4 Å². The first-order valence-corrected chi connectivity index (χ1v) is 6.64. The lowest BCUT2D eigenvalue weighted by Crippen LogP contribution is -2.35. The van der Waals surface area contributed by atoms with Crippen LogP contribution < -0.4 is 5.32 Å². The number of aliphatic hydroxyl groups excluding tert-OH is 1. The fraction of sp³-hybridized carbons (Fsp3) is 0.714. The monoisotopic (exact) mass is 267 g/mol. The van der Waals surface area contributed by atoms with Crippen molar-refractivity contribution in [2.24, 2.45) is 5.41 Å². The van der Waals surface area contributed by atoms with Gasteiger partial charge in [0.25, 0.3) is 0 Å². The minimum atomic E-state index is -0.504. The molecule has 0 bridgehead atoms. The molecule has 3 N–H and O–H groups in total. The molecule has 5 nitrogen and oxygen atoms in total. The number of aliphatic hydroxyl groups is 1. The number of hydrogen-bond donors (Lipinski definition) is 3. The van der Waals surface area contributed by atoms with Crippen LogP contribution in [0.3, 0.4) is 0 Å². The summed E-state index contributed by atoms with van der Waals surface area (Å²) in [5.74, 6) is -0.0828. The van der Waals surface area contributed by atoms with Crippen molar-refractivity contribution < 1.29 is 9.90 Å². The number of carbonyl (C=O) groups excluding carboxylic acids is 1. The second-order valence-corrected chi connectivity index (χ2v) is 6.31. The van der Waals surface area contributed by atoms with Crippen LogP contribution in [0.1, 0.15) is 44.1 Å². The summed E-state index contributed by atoms with van der Waals surface area (Å²) in [6.45, 7) is 10.3. The van der Waals surface area contributed by atoms with Crippen LogP contribution in [0.15, 0.2) is 0 Å². The zero-order valence-electron chi connectivity index (χ0n) is 12.5. The topological polar surface area (TPSA) is 78.0 Å². The van der Waals surface area contributed by atoms with Gasteiger partial charge in [0.15, 0.2) is 0 Å². The SMILES string of the molecule is Cc1n[nH]c(C)c1CC(=O)NCC(O)CC(C)(C)C. The molecule has 1 atom stereocenters. The molecule has 0 aliphatic rings. The third-order valence-corrected chi connectivity index (χ3v) is 3.00. The molecule has 0 saturated heterocycles. The minimum Gasteiger partial charge on any atom is -0.391 e. The number of hydrogen-bond acceptors (Lipinski definition) is 3. The zero-order valence-corrected chi connectivity index (χ0v) is 12.5. The molecule has 0 fully saturated rings. The number of nitrogens with one attached hydrogen (secondary N) is 2. The minimum absolute atomic E-state index is 0.0574. The molecule has 0 aliphatic carbocycles. The maximum absolute atomic E-state index is 11.8. The summed E-state index contributed by atoms with van der Waals surface area (Å²) in [7, 11) is 0. The van der Waals surface area contributed by atoms with Crippen molar-refractivity contribution in [3.63, 3.8) is 0 Å². The van der Waals surface area contributed by atoms with Gasteiger partial charge in [-0.1, -0.05) is 20.8 Å². The number of amides is 1. The Balaban J connectivity index is 2.40. The van der Waals surface area contributed by atoms with Gasteiger partial charge in [0.05, 0.1) is 18.2 Å². The highest BCUT2D eigenvalue weighted by molar-refractivity contribution is 5.79. The average Bonchev–Trinajstić information content (AvgIpc) is 2.56. The van der Waals surface area contributed by atoms with Gasteiger partial charge >= 0.3 is 0 Å². The van der Waals surface area contributed by atoms with E-state index >= 15 is 0 Å². The highest BCUT2D eigenvalue weighted by atomic mass is 16.3. The quantitative estimate of drug-likeness (QED) is 0.756. The molecular formula is C14H25N3O2. The number of carbonyl (C=O) groups is 1. The number of aromatic amines is 1. The molecule has 108 valence electrons. The van der Waals surface area contributed by atoms with E-state index in [-0.39, 0.29) is 11.3 Å². The van der Waals surface area contributed by atoms with Crippen LogP contribution in [-0.2, 0) is 11.2 Å². The van der Waals surface area contributed by atoms with Crippen molar-refractivity contribution in [1.82, 2.24) is 15.5 Å². The fourth-order valence-corrected chi connectivity index (χ4v) is 2.07. The van der Waals surface area contributed by atoms with Crippen molar-refractivity contribution >= 4 is 5.91 Å². The highest BCUT2D eigenvalue weighted by Crippen LogP contribution is 2.20. The number of rotatable bonds is 5. The first-order chi connectivity index (χ1) is 8.69. The summed E-state index contributed by atoms with van der Waals surface area (Å²) in [6, 6.07) is 0. The maximum Gasteiger partial charge on any atom is 0.224 e. The van der Waals surface area contributed by atoms with Crippen LogP contribution in [0.4, 0.5) is 0 Å². The molecule has 1 rings (SSSR count). The maximum atomic E-state index is 11.8. The normalized spacial score (nSPS) is 13.4. The molecule has 1 amide bonds. The Labute approximate surface area is 114 Å². The zero-order chi connectivity index (χ0) is 14.6. The lowest BCUT2D eigenvalue weighted by atomic mass is 9.89. The Morgan fingerprint density at radius 1 is 1.42 bits per heavy atom. The highest BCUT2D eigenvalue weighted by Gasteiger charge is 2.18. The van der Waals surface area contributed by atoms with Gasteiger partial charge in [-0.25, -0.2) is 0 Å². The van der Waals surface area contributed by atoms with Crippen LogP contribution in [0.5, 0.6) is 0 Å². The van der Waals surface area contributed by atoms with Crippen molar-refractivity contribution in [2.45, 2.75) is 53.6 Å². The molecule has 0 saturated carbocycles. The van der Waals surface area contributed by atoms with Gasteiger partial charge in [0.1, 0.15) is 0 Å². The Morgan fingerprint density at radius 2 is 2.05 bits per heavy atom. The van der Waals surface area contributed by atoms with Gasteiger partial charge in [-0.3, -0.25) is 9.89 Å². The first-order valence-electron chi connectivity index (χ1n) is 6.64. The predicted octanol–water partition coefficient (Wildman–Crippen LogP) is 1.48. The lowest BCUT2D eigenvalue weighted by molar-refractivity contribution is -0.121. The van der Waals surface area contributed by atoms with Gasteiger partial charge in [0.2, 0.25) is 5.91 Å². The van der Waals surface area contributed by atoms with Gasteiger partial charge in [-0.15, -0.1) is 0 Å². The average molecular weight is 267 g/mol. The standard InChI is InChI=1S/C14H25N3O2/c1-9-12(10(2)17-16-9)6-13(19)15-8-11(18)7-14(3,4)5/h11,18H,6-8H2,1-5H3,(H,15,19)(H,16,17). The molecule has 1 unspecified atom stereocenters. The van der Waals surface area contributed by atoms with Crippen molar-refractivity contribution in [1.29, 1.82) is 0 Å². The molecule has 0 aromatic carbocycles. The molecule has 1 aromatic heterocycles. The second kappa shape index (κ2) is 6.19. The third-order valence-electron chi connectivity index (χ3n) is 3.00. The summed E-state index contributed by atoms with van der Waals surface area (Å²) < 4.78 is 0. The molecular weight excluding hydrogens is 242 g/mol. The molecule has 1 heterocycles. The molecule has 1 aromatic rings. The van der Waals surface area contributed by atoms with Gasteiger partial charge in [0, 0.05) is 17.8 Å². The van der Waals surface area contributed by atoms with Gasteiger partial charge in [-0.05, 0) is 25.7 Å². The van der Waals surface area contributed by atoms with Crippen molar-refractivity contribution in [3.8, 4) is 0 Å². The summed E-state index contributed by atoms with van der Waals surface area (Å²) in [5.41, 5.74) is 2.76. The van der Waals surface area contributed by atoms with Gasteiger partial charge in [-0.2, -0.15) is 5.10 Å². The van der Waals surface area contributed by atoms with E-state index in [0.29, 0.717) is 19.4 Å². The van der Waals surface area contributed by atoms with Crippen LogP contribution >= 0.6 is 0 Å². The third kappa shape index (κ3) is 5.42. The van der Waals surface area contributed by atoms with Crippen LogP contribution in [0.2, 0.25) is 0 Å². The summed E-state index contributed by atoms with van der Waals surface area (Å²) in [4.78, 5) is 11.8. The number of aromatic nitrogens is 2. The van der Waals surface area contributed by atoms with E-state index < -0.39 is 6.10 Å². The number of H-pyrrole nitrogens is 1. The smallest absolute Gasteiger partial charge is 0.224 e. The fourth-order valence-electron chi connectivity index (χ4n) is 2.07. The van der Waals surface area contributed by atoms with E-state index in [2.05, 4.69) is 36.3 Å². The Kier molecular flexibility index (Phi) is 5.11. The summed E-state index contributed by atoms with van der Waals surface area (Å²) in [6.07, 6.45) is 0.462. The van der Waals surface area contributed by atoms with Crippen LogP contribution in [0, 0.1) is 19.3 Å². The Morgan fingerprint density at radius 3 is 2.53 bits per heavy atom. The van der Waals surface area contributed by atoms with E-state index in [1.54, 1.807) is 0 Å². The molecule has 0 aliphatic heterocycles. The Hall–Kier alpha value is -1.36. The first kappa shape index (κ1) is 15.7. The van der Waals surface area contributed by atoms with E-state index in [4.69, 9.17) is 0 Å². The van der Waals surface area contributed by atoms with E-state index in [1.807, 2.05) is 13.8 Å². The summed E-state index contributed by atoms with van der Waals surface area (Å²) in [5, 5.41) is 19.5. The van der Waals surface area contributed by atoms with E-state index in [9.17, 15) is 9.90 Å². The Bertz CT molecular complexity index is 413. The van der Waals surface area contributed by atoms with E-state index in [1.165, 1.54) is 0 Å². The second-order valence-electron chi connectivity index (χ2n) is 6.31. The molecule has 5 heteroatoms.